The van der Waals surface area contributed by atoms with Crippen LogP contribution in [0.4, 0.5) is 0 Å². The van der Waals surface area contributed by atoms with E-state index >= 15 is 0 Å². The zero-order valence-corrected chi connectivity index (χ0v) is 11.6. The summed E-state index contributed by atoms with van der Waals surface area (Å²) in [5, 5.41) is 9.73. The van der Waals surface area contributed by atoms with E-state index in [-0.39, 0.29) is 5.91 Å². The smallest absolute Gasteiger partial charge is 0.256 e. The zero-order chi connectivity index (χ0) is 14.4. The first kappa shape index (κ1) is 14.0. The Kier molecular flexibility index (Phi) is 4.70. The molecule has 0 aliphatic rings. The van der Waals surface area contributed by atoms with Crippen LogP contribution in [0.2, 0.25) is 0 Å². The van der Waals surface area contributed by atoms with Crippen LogP contribution in [-0.2, 0) is 6.42 Å². The minimum absolute atomic E-state index is 0.168. The standard InChI is InChI=1S/C14H18N4O2/c1-10-11(9-17-18-10)5-3-7-15-13(19)12-6-4-8-16-14(12)20-2/h4,6,8-9H,3,5,7H2,1-2H3,(H,15,19)(H,17,18). The predicted molar refractivity (Wildman–Crippen MR) is 74.8 cm³/mol. The van der Waals surface area contributed by atoms with Crippen LogP contribution >= 0.6 is 0 Å². The maximum Gasteiger partial charge on any atom is 0.256 e. The van der Waals surface area contributed by atoms with Gasteiger partial charge in [-0.25, -0.2) is 4.98 Å². The lowest BCUT2D eigenvalue weighted by molar-refractivity contribution is 0.0949. The van der Waals surface area contributed by atoms with Crippen molar-refractivity contribution in [2.75, 3.05) is 13.7 Å². The Hall–Kier alpha value is -2.37. The number of ether oxygens (including phenoxy) is 1. The fourth-order valence-electron chi connectivity index (χ4n) is 1.93. The quantitative estimate of drug-likeness (QED) is 0.782. The van der Waals surface area contributed by atoms with Gasteiger partial charge in [0.1, 0.15) is 5.56 Å². The van der Waals surface area contributed by atoms with Gasteiger partial charge < -0.3 is 10.1 Å². The molecule has 0 aliphatic heterocycles. The molecule has 106 valence electrons. The average molecular weight is 274 g/mol. The largest absolute Gasteiger partial charge is 0.480 e. The molecule has 2 heterocycles. The Morgan fingerprint density at radius 3 is 3.05 bits per heavy atom. The molecule has 20 heavy (non-hydrogen) atoms. The molecule has 2 N–H and O–H groups in total. The summed E-state index contributed by atoms with van der Waals surface area (Å²) >= 11 is 0. The molecule has 0 fully saturated rings. The second kappa shape index (κ2) is 6.70. The van der Waals surface area contributed by atoms with Crippen LogP contribution in [0.3, 0.4) is 0 Å². The normalized spacial score (nSPS) is 10.3. The van der Waals surface area contributed by atoms with E-state index in [0.717, 1.165) is 18.5 Å². The molecule has 0 saturated heterocycles. The van der Waals surface area contributed by atoms with Crippen molar-refractivity contribution in [3.05, 3.63) is 41.3 Å². The predicted octanol–water partition coefficient (Wildman–Crippen LogP) is 1.48. The lowest BCUT2D eigenvalue weighted by atomic mass is 10.1. The molecule has 0 radical (unpaired) electrons. The number of rotatable bonds is 6. The van der Waals surface area contributed by atoms with Crippen molar-refractivity contribution in [3.8, 4) is 5.88 Å². The fraction of sp³-hybridized carbons (Fsp3) is 0.357. The van der Waals surface area contributed by atoms with E-state index in [1.807, 2.05) is 13.1 Å². The molecule has 0 aliphatic carbocycles. The van der Waals surface area contributed by atoms with Crippen molar-refractivity contribution in [1.82, 2.24) is 20.5 Å². The molecule has 2 aromatic rings. The molecule has 1 amide bonds. The Labute approximate surface area is 117 Å². The molecule has 2 rings (SSSR count). The minimum Gasteiger partial charge on any atom is -0.480 e. The van der Waals surface area contributed by atoms with E-state index in [1.165, 1.54) is 12.7 Å². The Morgan fingerprint density at radius 2 is 2.35 bits per heavy atom. The average Bonchev–Trinajstić information content (AvgIpc) is 2.88. The SMILES string of the molecule is COc1ncccc1C(=O)NCCCc1cn[nH]c1C. The lowest BCUT2D eigenvalue weighted by Crippen LogP contribution is -2.25. The number of H-pyrrole nitrogens is 1. The summed E-state index contributed by atoms with van der Waals surface area (Å²) in [4.78, 5) is 16.0. The molecule has 0 aromatic carbocycles. The van der Waals surface area contributed by atoms with E-state index in [9.17, 15) is 4.79 Å². The number of methoxy groups -OCH3 is 1. The summed E-state index contributed by atoms with van der Waals surface area (Å²) in [5.41, 5.74) is 2.71. The van der Waals surface area contributed by atoms with Crippen molar-refractivity contribution >= 4 is 5.91 Å². The van der Waals surface area contributed by atoms with Crippen LogP contribution in [0, 0.1) is 6.92 Å². The highest BCUT2D eigenvalue weighted by Gasteiger charge is 2.11. The van der Waals surface area contributed by atoms with Crippen molar-refractivity contribution < 1.29 is 9.53 Å². The number of pyridine rings is 1. The molecule has 0 unspecified atom stereocenters. The van der Waals surface area contributed by atoms with Crippen molar-refractivity contribution in [2.24, 2.45) is 0 Å². The number of nitrogens with one attached hydrogen (secondary N) is 2. The fourth-order valence-corrected chi connectivity index (χ4v) is 1.93. The third-order valence-corrected chi connectivity index (χ3v) is 3.05. The lowest BCUT2D eigenvalue weighted by Gasteiger charge is -2.07. The minimum atomic E-state index is -0.168. The number of aromatic amines is 1. The van der Waals surface area contributed by atoms with Gasteiger partial charge in [-0.05, 0) is 37.5 Å². The highest BCUT2D eigenvalue weighted by atomic mass is 16.5. The Morgan fingerprint density at radius 1 is 1.50 bits per heavy atom. The number of amides is 1. The molecule has 0 saturated carbocycles. The Bertz CT molecular complexity index is 580. The number of nitrogens with zero attached hydrogens (tertiary/aromatic N) is 2. The van der Waals surface area contributed by atoms with Gasteiger partial charge in [-0.1, -0.05) is 0 Å². The second-order valence-electron chi connectivity index (χ2n) is 4.44. The van der Waals surface area contributed by atoms with Gasteiger partial charge in [0.05, 0.1) is 13.3 Å². The summed E-state index contributed by atoms with van der Waals surface area (Å²) in [5.74, 6) is 0.176. The third-order valence-electron chi connectivity index (χ3n) is 3.05. The zero-order valence-electron chi connectivity index (χ0n) is 11.6. The second-order valence-corrected chi connectivity index (χ2v) is 4.44. The third kappa shape index (κ3) is 3.34. The van der Waals surface area contributed by atoms with Gasteiger partial charge in [0.2, 0.25) is 5.88 Å². The summed E-state index contributed by atoms with van der Waals surface area (Å²) in [7, 11) is 1.50. The molecule has 0 spiro atoms. The van der Waals surface area contributed by atoms with Crippen LogP contribution in [0.1, 0.15) is 28.0 Å². The summed E-state index contributed by atoms with van der Waals surface area (Å²) in [6, 6.07) is 3.41. The summed E-state index contributed by atoms with van der Waals surface area (Å²) < 4.78 is 5.06. The number of carbonyl (C=O) groups excluding carboxylic acids is 1. The van der Waals surface area contributed by atoms with Gasteiger partial charge in [0.25, 0.3) is 5.91 Å². The highest BCUT2D eigenvalue weighted by molar-refractivity contribution is 5.96. The van der Waals surface area contributed by atoms with E-state index in [4.69, 9.17) is 4.74 Å². The molecular formula is C14H18N4O2. The monoisotopic (exact) mass is 274 g/mol. The topological polar surface area (TPSA) is 79.9 Å². The number of hydrogen-bond acceptors (Lipinski definition) is 4. The van der Waals surface area contributed by atoms with E-state index in [1.54, 1.807) is 18.3 Å². The van der Waals surface area contributed by atoms with Crippen LogP contribution < -0.4 is 10.1 Å². The highest BCUT2D eigenvalue weighted by Crippen LogP contribution is 2.13. The van der Waals surface area contributed by atoms with Crippen LogP contribution in [0.5, 0.6) is 5.88 Å². The molecule has 0 bridgehead atoms. The summed E-state index contributed by atoms with van der Waals surface area (Å²) in [6.07, 6.45) is 5.15. The maximum absolute atomic E-state index is 12.0. The molecule has 6 heteroatoms. The van der Waals surface area contributed by atoms with Gasteiger partial charge in [-0.2, -0.15) is 5.10 Å². The molecule has 2 aromatic heterocycles. The number of carbonyl (C=O) groups is 1. The Balaban J connectivity index is 1.82. The molecule has 6 nitrogen and oxygen atoms in total. The van der Waals surface area contributed by atoms with Crippen molar-refractivity contribution in [2.45, 2.75) is 19.8 Å². The van der Waals surface area contributed by atoms with E-state index in [0.29, 0.717) is 18.0 Å². The maximum atomic E-state index is 12.0. The number of aryl methyl sites for hydroxylation is 2. The van der Waals surface area contributed by atoms with Crippen LogP contribution in [-0.4, -0.2) is 34.7 Å². The number of aromatic nitrogens is 3. The summed E-state index contributed by atoms with van der Waals surface area (Å²) in [6.45, 7) is 2.59. The van der Waals surface area contributed by atoms with Gasteiger partial charge in [0.15, 0.2) is 0 Å². The van der Waals surface area contributed by atoms with Gasteiger partial charge >= 0.3 is 0 Å². The van der Waals surface area contributed by atoms with Crippen molar-refractivity contribution in [1.29, 1.82) is 0 Å². The molecular weight excluding hydrogens is 256 g/mol. The van der Waals surface area contributed by atoms with Crippen LogP contribution in [0.25, 0.3) is 0 Å². The number of hydrogen-bond donors (Lipinski definition) is 2. The van der Waals surface area contributed by atoms with Gasteiger partial charge in [0, 0.05) is 18.4 Å². The first-order valence-corrected chi connectivity index (χ1v) is 6.48. The first-order chi connectivity index (χ1) is 9.72. The van der Waals surface area contributed by atoms with Crippen molar-refractivity contribution in [3.63, 3.8) is 0 Å². The molecule has 0 atom stereocenters. The van der Waals surface area contributed by atoms with E-state index in [2.05, 4.69) is 20.5 Å². The van der Waals surface area contributed by atoms with E-state index < -0.39 is 0 Å². The van der Waals surface area contributed by atoms with Gasteiger partial charge in [-0.15, -0.1) is 0 Å². The van der Waals surface area contributed by atoms with Gasteiger partial charge in [-0.3, -0.25) is 9.89 Å². The van der Waals surface area contributed by atoms with Crippen LogP contribution in [0.15, 0.2) is 24.5 Å². The first-order valence-electron chi connectivity index (χ1n) is 6.48.